The molecule has 4 nitrogen and oxygen atoms in total. The van der Waals surface area contributed by atoms with Gasteiger partial charge in [-0.15, -0.1) is 11.3 Å². The third-order valence-corrected chi connectivity index (χ3v) is 4.94. The summed E-state index contributed by atoms with van der Waals surface area (Å²) in [6.45, 7) is 0.509. The molecule has 0 aliphatic heterocycles. The monoisotopic (exact) mass is 333 g/mol. The SMILES string of the molecule is CN(Cc1cscn1)C(=O)NC1CCC(c2cccc(F)c2)C1. The Kier molecular flexibility index (Phi) is 4.91. The van der Waals surface area contributed by atoms with Gasteiger partial charge in [-0.25, -0.2) is 14.2 Å². The van der Waals surface area contributed by atoms with Crippen molar-refractivity contribution in [3.05, 3.63) is 52.2 Å². The van der Waals surface area contributed by atoms with Gasteiger partial charge in [0.15, 0.2) is 0 Å². The van der Waals surface area contributed by atoms with Gasteiger partial charge < -0.3 is 10.2 Å². The molecule has 122 valence electrons. The van der Waals surface area contributed by atoms with Gasteiger partial charge in [0.05, 0.1) is 17.7 Å². The maximum absolute atomic E-state index is 13.3. The van der Waals surface area contributed by atoms with Gasteiger partial charge in [0.1, 0.15) is 5.82 Å². The lowest BCUT2D eigenvalue weighted by Crippen LogP contribution is -2.41. The van der Waals surface area contributed by atoms with Crippen LogP contribution in [-0.4, -0.2) is 29.0 Å². The minimum atomic E-state index is -0.196. The van der Waals surface area contributed by atoms with E-state index in [4.69, 9.17) is 0 Å². The van der Waals surface area contributed by atoms with E-state index in [9.17, 15) is 9.18 Å². The molecule has 2 atom stereocenters. The normalized spacial score (nSPS) is 20.4. The van der Waals surface area contributed by atoms with Crippen molar-refractivity contribution in [2.75, 3.05) is 7.05 Å². The summed E-state index contributed by atoms with van der Waals surface area (Å²) in [6, 6.07) is 6.84. The van der Waals surface area contributed by atoms with E-state index in [1.54, 1.807) is 29.6 Å². The van der Waals surface area contributed by atoms with Crippen molar-refractivity contribution in [3.8, 4) is 0 Å². The second kappa shape index (κ2) is 7.08. The summed E-state index contributed by atoms with van der Waals surface area (Å²) >= 11 is 1.53. The molecule has 0 bridgehead atoms. The average Bonchev–Trinajstić information content (AvgIpc) is 3.19. The fourth-order valence-electron chi connectivity index (χ4n) is 3.09. The number of nitrogens with one attached hydrogen (secondary N) is 1. The fraction of sp³-hybridized carbons (Fsp3) is 0.412. The number of hydrogen-bond acceptors (Lipinski definition) is 3. The molecular formula is C17H20FN3OS. The molecule has 3 rings (SSSR count). The van der Waals surface area contributed by atoms with Crippen molar-refractivity contribution in [2.24, 2.45) is 0 Å². The summed E-state index contributed by atoms with van der Waals surface area (Å²) in [4.78, 5) is 18.1. The molecule has 0 saturated heterocycles. The molecule has 1 N–H and O–H groups in total. The summed E-state index contributed by atoms with van der Waals surface area (Å²) in [7, 11) is 1.77. The van der Waals surface area contributed by atoms with Crippen LogP contribution in [0.5, 0.6) is 0 Å². The zero-order chi connectivity index (χ0) is 16.2. The Morgan fingerprint density at radius 1 is 1.48 bits per heavy atom. The first kappa shape index (κ1) is 15.9. The maximum Gasteiger partial charge on any atom is 0.317 e. The second-order valence-corrected chi connectivity index (χ2v) is 6.77. The Balaban J connectivity index is 1.52. The van der Waals surface area contributed by atoms with E-state index in [0.29, 0.717) is 12.5 Å². The van der Waals surface area contributed by atoms with Gasteiger partial charge in [-0.2, -0.15) is 0 Å². The lowest BCUT2D eigenvalue weighted by molar-refractivity contribution is 0.202. The second-order valence-electron chi connectivity index (χ2n) is 6.05. The van der Waals surface area contributed by atoms with Crippen LogP contribution in [0, 0.1) is 5.82 Å². The van der Waals surface area contributed by atoms with Crippen LogP contribution in [0.3, 0.4) is 0 Å². The minimum absolute atomic E-state index is 0.0807. The predicted octanol–water partition coefficient (Wildman–Crippen LogP) is 3.76. The Labute approximate surface area is 139 Å². The third-order valence-electron chi connectivity index (χ3n) is 4.31. The average molecular weight is 333 g/mol. The molecule has 1 aliphatic rings. The quantitative estimate of drug-likeness (QED) is 0.926. The highest BCUT2D eigenvalue weighted by molar-refractivity contribution is 7.07. The lowest BCUT2D eigenvalue weighted by Gasteiger charge is -2.20. The van der Waals surface area contributed by atoms with Gasteiger partial charge >= 0.3 is 6.03 Å². The highest BCUT2D eigenvalue weighted by atomic mass is 32.1. The number of urea groups is 1. The molecule has 2 unspecified atom stereocenters. The van der Waals surface area contributed by atoms with Gasteiger partial charge in [0.25, 0.3) is 0 Å². The van der Waals surface area contributed by atoms with Crippen molar-refractivity contribution in [1.82, 2.24) is 15.2 Å². The third kappa shape index (κ3) is 4.07. The highest BCUT2D eigenvalue weighted by Gasteiger charge is 2.28. The number of aromatic nitrogens is 1. The number of carbonyl (C=O) groups excluding carboxylic acids is 1. The first-order valence-electron chi connectivity index (χ1n) is 7.76. The van der Waals surface area contributed by atoms with Crippen LogP contribution in [0.15, 0.2) is 35.2 Å². The molecule has 1 aromatic heterocycles. The first-order valence-corrected chi connectivity index (χ1v) is 8.70. The smallest absolute Gasteiger partial charge is 0.317 e. The van der Waals surface area contributed by atoms with E-state index >= 15 is 0 Å². The fourth-order valence-corrected chi connectivity index (χ4v) is 3.64. The van der Waals surface area contributed by atoms with Crippen LogP contribution in [0.2, 0.25) is 0 Å². The molecule has 2 amide bonds. The zero-order valence-corrected chi connectivity index (χ0v) is 13.9. The van der Waals surface area contributed by atoms with Gasteiger partial charge in [-0.05, 0) is 42.9 Å². The van der Waals surface area contributed by atoms with E-state index in [2.05, 4.69) is 10.3 Å². The van der Waals surface area contributed by atoms with Gasteiger partial charge in [0.2, 0.25) is 0 Å². The van der Waals surface area contributed by atoms with Gasteiger partial charge in [-0.3, -0.25) is 0 Å². The summed E-state index contributed by atoms with van der Waals surface area (Å²) < 4.78 is 13.3. The van der Waals surface area contributed by atoms with E-state index in [1.807, 2.05) is 11.4 Å². The van der Waals surface area contributed by atoms with Crippen molar-refractivity contribution >= 4 is 17.4 Å². The summed E-state index contributed by atoms with van der Waals surface area (Å²) in [5, 5.41) is 5.02. The molecule has 1 aromatic carbocycles. The van der Waals surface area contributed by atoms with E-state index < -0.39 is 0 Å². The first-order chi connectivity index (χ1) is 11.1. The molecular weight excluding hydrogens is 313 g/mol. The Morgan fingerprint density at radius 2 is 2.35 bits per heavy atom. The van der Waals surface area contributed by atoms with Crippen LogP contribution in [-0.2, 0) is 6.54 Å². The molecule has 1 saturated carbocycles. The minimum Gasteiger partial charge on any atom is -0.335 e. The zero-order valence-electron chi connectivity index (χ0n) is 13.0. The highest BCUT2D eigenvalue weighted by Crippen LogP contribution is 2.34. The van der Waals surface area contributed by atoms with Crippen LogP contribution >= 0.6 is 11.3 Å². The van der Waals surface area contributed by atoms with Crippen LogP contribution in [0.4, 0.5) is 9.18 Å². The number of nitrogens with zero attached hydrogens (tertiary/aromatic N) is 2. The molecule has 0 spiro atoms. The van der Waals surface area contributed by atoms with Gasteiger partial charge in [-0.1, -0.05) is 12.1 Å². The maximum atomic E-state index is 13.3. The number of benzene rings is 1. The predicted molar refractivity (Wildman–Crippen MR) is 88.9 cm³/mol. The molecule has 1 aliphatic carbocycles. The molecule has 23 heavy (non-hydrogen) atoms. The number of hydrogen-bond donors (Lipinski definition) is 1. The van der Waals surface area contributed by atoms with Crippen molar-refractivity contribution < 1.29 is 9.18 Å². The number of carbonyl (C=O) groups is 1. The molecule has 6 heteroatoms. The largest absolute Gasteiger partial charge is 0.335 e. The Hall–Kier alpha value is -1.95. The summed E-state index contributed by atoms with van der Waals surface area (Å²) in [5.41, 5.74) is 3.69. The van der Waals surface area contributed by atoms with Crippen LogP contribution in [0.1, 0.15) is 36.4 Å². The summed E-state index contributed by atoms with van der Waals surface area (Å²) in [5.74, 6) is 0.123. The van der Waals surface area contributed by atoms with Crippen molar-refractivity contribution in [1.29, 1.82) is 0 Å². The van der Waals surface area contributed by atoms with E-state index in [1.165, 1.54) is 17.4 Å². The Bertz CT molecular complexity index is 662. The standard InChI is InChI=1S/C17H20FN3OS/c1-21(9-16-10-23-11-19-16)17(22)20-15-6-5-13(8-15)12-3-2-4-14(18)7-12/h2-4,7,10-11,13,15H,5-6,8-9H2,1H3,(H,20,22). The van der Waals surface area contributed by atoms with Crippen LogP contribution in [0.25, 0.3) is 0 Å². The Morgan fingerprint density at radius 3 is 3.09 bits per heavy atom. The topological polar surface area (TPSA) is 45.2 Å². The summed E-state index contributed by atoms with van der Waals surface area (Å²) in [6.07, 6.45) is 2.77. The molecule has 1 heterocycles. The molecule has 2 aromatic rings. The van der Waals surface area contributed by atoms with E-state index in [0.717, 1.165) is 30.5 Å². The molecule has 1 fully saturated rings. The van der Waals surface area contributed by atoms with Crippen LogP contribution < -0.4 is 5.32 Å². The number of amides is 2. The van der Waals surface area contributed by atoms with Gasteiger partial charge in [0, 0.05) is 18.5 Å². The van der Waals surface area contributed by atoms with Crippen molar-refractivity contribution in [3.63, 3.8) is 0 Å². The lowest BCUT2D eigenvalue weighted by atomic mass is 9.97. The van der Waals surface area contributed by atoms with Crippen molar-refractivity contribution in [2.45, 2.75) is 37.8 Å². The van der Waals surface area contributed by atoms with E-state index in [-0.39, 0.29) is 17.9 Å². The number of rotatable bonds is 4. The number of thiazole rings is 1. The number of halogens is 1. The molecule has 0 radical (unpaired) electrons.